The summed E-state index contributed by atoms with van der Waals surface area (Å²) in [6.45, 7) is 5.90. The van der Waals surface area contributed by atoms with E-state index in [1.54, 1.807) is 0 Å². The van der Waals surface area contributed by atoms with E-state index in [2.05, 4.69) is 12.2 Å². The Kier molecular flexibility index (Phi) is 2.51. The third kappa shape index (κ3) is 2.33. The molecule has 0 spiro atoms. The van der Waals surface area contributed by atoms with E-state index in [0.717, 1.165) is 6.42 Å². The van der Waals surface area contributed by atoms with E-state index in [4.69, 9.17) is 0 Å². The molecule has 1 heteroatoms. The van der Waals surface area contributed by atoms with Gasteiger partial charge in [0.15, 0.2) is 0 Å². The monoisotopic (exact) mass is 164 g/mol. The van der Waals surface area contributed by atoms with Crippen molar-refractivity contribution in [2.24, 2.45) is 5.41 Å². The van der Waals surface area contributed by atoms with Crippen molar-refractivity contribution in [3.8, 4) is 0 Å². The highest BCUT2D eigenvalue weighted by Crippen LogP contribution is 2.22. The van der Waals surface area contributed by atoms with E-state index in [9.17, 15) is 4.79 Å². The zero-order valence-electron chi connectivity index (χ0n) is 8.05. The minimum absolute atomic E-state index is 0.197. The molecule has 12 heavy (non-hydrogen) atoms. The molecule has 1 aliphatic carbocycles. The van der Waals surface area contributed by atoms with Gasteiger partial charge in [-0.15, -0.1) is 0 Å². The van der Waals surface area contributed by atoms with Gasteiger partial charge in [-0.05, 0) is 12.0 Å². The molecule has 0 aromatic heterocycles. The van der Waals surface area contributed by atoms with Crippen molar-refractivity contribution in [3.05, 3.63) is 23.8 Å². The van der Waals surface area contributed by atoms with Gasteiger partial charge in [-0.2, -0.15) is 0 Å². The van der Waals surface area contributed by atoms with Crippen LogP contribution < -0.4 is 0 Å². The minimum Gasteiger partial charge on any atom is -0.299 e. The van der Waals surface area contributed by atoms with Crippen molar-refractivity contribution in [2.75, 3.05) is 0 Å². The van der Waals surface area contributed by atoms with Crippen LogP contribution in [0.4, 0.5) is 0 Å². The fourth-order valence-electron chi connectivity index (χ4n) is 1.09. The van der Waals surface area contributed by atoms with Crippen LogP contribution in [0.25, 0.3) is 0 Å². The van der Waals surface area contributed by atoms with Gasteiger partial charge in [0.25, 0.3) is 0 Å². The van der Waals surface area contributed by atoms with Crippen LogP contribution in [0, 0.1) is 5.41 Å². The summed E-state index contributed by atoms with van der Waals surface area (Å²) >= 11 is 0. The van der Waals surface area contributed by atoms with Crippen LogP contribution in [0.3, 0.4) is 0 Å². The molecule has 0 saturated heterocycles. The lowest BCUT2D eigenvalue weighted by Gasteiger charge is -2.16. The molecular formula is C11H16O. The number of Topliss-reactive ketones (excluding diaryl/α,β-unsaturated/α-hetero) is 1. The Morgan fingerprint density at radius 2 is 2.17 bits per heavy atom. The van der Waals surface area contributed by atoms with Gasteiger partial charge in [-0.25, -0.2) is 0 Å². The summed E-state index contributed by atoms with van der Waals surface area (Å²) in [5.41, 5.74) is 0.979. The van der Waals surface area contributed by atoms with Crippen molar-refractivity contribution in [1.82, 2.24) is 0 Å². The topological polar surface area (TPSA) is 17.1 Å². The van der Waals surface area contributed by atoms with Crippen LogP contribution in [-0.2, 0) is 4.79 Å². The lowest BCUT2D eigenvalue weighted by molar-refractivity contribution is -0.125. The molecule has 1 aliphatic rings. The Bertz CT molecular complexity index is 238. The van der Waals surface area contributed by atoms with E-state index < -0.39 is 0 Å². The first-order chi connectivity index (χ1) is 5.50. The summed E-state index contributed by atoms with van der Waals surface area (Å²) in [6.07, 6.45) is 7.84. The van der Waals surface area contributed by atoms with Crippen molar-refractivity contribution in [1.29, 1.82) is 0 Å². The van der Waals surface area contributed by atoms with Gasteiger partial charge >= 0.3 is 0 Å². The second kappa shape index (κ2) is 3.26. The zero-order valence-corrected chi connectivity index (χ0v) is 8.05. The van der Waals surface area contributed by atoms with E-state index in [0.29, 0.717) is 12.2 Å². The summed E-state index contributed by atoms with van der Waals surface area (Å²) in [5.74, 6) is 0.320. The predicted octanol–water partition coefficient (Wildman–Crippen LogP) is 2.88. The van der Waals surface area contributed by atoms with E-state index >= 15 is 0 Å². The molecule has 0 aromatic carbocycles. The number of hydrogen-bond donors (Lipinski definition) is 0. The molecule has 0 bridgehead atoms. The SMILES string of the molecule is CC(C)(C)C(=O)CC1=CCC=C1. The smallest absolute Gasteiger partial charge is 0.142 e. The Labute approximate surface area is 74.2 Å². The predicted molar refractivity (Wildman–Crippen MR) is 50.9 cm³/mol. The van der Waals surface area contributed by atoms with Crippen LogP contribution in [0.15, 0.2) is 23.8 Å². The number of ketones is 1. The standard InChI is InChI=1S/C11H16O/c1-11(2,3)10(12)8-9-6-4-5-7-9/h4,6-7H,5,8H2,1-3H3. The molecule has 0 N–H and O–H groups in total. The second-order valence-corrected chi connectivity index (χ2v) is 4.27. The van der Waals surface area contributed by atoms with Crippen LogP contribution in [0.2, 0.25) is 0 Å². The highest BCUT2D eigenvalue weighted by atomic mass is 16.1. The quantitative estimate of drug-likeness (QED) is 0.613. The van der Waals surface area contributed by atoms with Gasteiger partial charge in [0.1, 0.15) is 5.78 Å². The number of carbonyl (C=O) groups is 1. The molecule has 0 saturated carbocycles. The largest absolute Gasteiger partial charge is 0.299 e. The molecule has 1 rings (SSSR count). The maximum atomic E-state index is 11.5. The maximum absolute atomic E-state index is 11.5. The third-order valence-corrected chi connectivity index (χ3v) is 2.05. The molecular weight excluding hydrogens is 148 g/mol. The van der Waals surface area contributed by atoms with Crippen LogP contribution in [0.5, 0.6) is 0 Å². The second-order valence-electron chi connectivity index (χ2n) is 4.27. The molecule has 66 valence electrons. The van der Waals surface area contributed by atoms with Gasteiger partial charge in [0.05, 0.1) is 0 Å². The number of carbonyl (C=O) groups excluding carboxylic acids is 1. The van der Waals surface area contributed by atoms with E-state index in [-0.39, 0.29) is 5.41 Å². The van der Waals surface area contributed by atoms with Gasteiger partial charge in [-0.1, -0.05) is 39.0 Å². The first kappa shape index (κ1) is 9.24. The average molecular weight is 164 g/mol. The van der Waals surface area contributed by atoms with Gasteiger partial charge in [0, 0.05) is 11.8 Å². The molecule has 0 unspecified atom stereocenters. The lowest BCUT2D eigenvalue weighted by atomic mass is 9.87. The molecule has 0 aromatic rings. The fourth-order valence-corrected chi connectivity index (χ4v) is 1.09. The third-order valence-electron chi connectivity index (χ3n) is 2.05. The summed E-state index contributed by atoms with van der Waals surface area (Å²) in [7, 11) is 0. The molecule has 0 fully saturated rings. The molecule has 1 nitrogen and oxygen atoms in total. The highest BCUT2D eigenvalue weighted by molar-refractivity contribution is 5.86. The molecule has 0 atom stereocenters. The normalized spacial score (nSPS) is 16.4. The summed E-state index contributed by atoms with van der Waals surface area (Å²) in [6, 6.07) is 0. The van der Waals surface area contributed by atoms with Crippen LogP contribution in [0.1, 0.15) is 33.6 Å². The van der Waals surface area contributed by atoms with Crippen molar-refractivity contribution < 1.29 is 4.79 Å². The molecule has 0 aliphatic heterocycles. The maximum Gasteiger partial charge on any atom is 0.142 e. The Morgan fingerprint density at radius 3 is 2.58 bits per heavy atom. The molecule has 0 amide bonds. The Hall–Kier alpha value is -0.850. The van der Waals surface area contributed by atoms with Gasteiger partial charge < -0.3 is 0 Å². The molecule has 0 radical (unpaired) electrons. The van der Waals surface area contributed by atoms with Crippen molar-refractivity contribution >= 4 is 5.78 Å². The fraction of sp³-hybridized carbons (Fsp3) is 0.545. The number of allylic oxidation sites excluding steroid dienone is 4. The summed E-state index contributed by atoms with van der Waals surface area (Å²) in [4.78, 5) is 11.5. The minimum atomic E-state index is -0.197. The average Bonchev–Trinajstić information content (AvgIpc) is 2.37. The zero-order chi connectivity index (χ0) is 9.19. The molecule has 0 heterocycles. The van der Waals surface area contributed by atoms with Gasteiger partial charge in [-0.3, -0.25) is 4.79 Å². The Balaban J connectivity index is 2.52. The first-order valence-electron chi connectivity index (χ1n) is 4.39. The first-order valence-corrected chi connectivity index (χ1v) is 4.39. The lowest BCUT2D eigenvalue weighted by Crippen LogP contribution is -2.19. The number of rotatable bonds is 2. The van der Waals surface area contributed by atoms with Crippen molar-refractivity contribution in [2.45, 2.75) is 33.6 Å². The summed E-state index contributed by atoms with van der Waals surface area (Å²) < 4.78 is 0. The van der Waals surface area contributed by atoms with E-state index in [1.807, 2.05) is 26.8 Å². The summed E-state index contributed by atoms with van der Waals surface area (Å²) in [5, 5.41) is 0. The van der Waals surface area contributed by atoms with Crippen molar-refractivity contribution in [3.63, 3.8) is 0 Å². The van der Waals surface area contributed by atoms with Gasteiger partial charge in [0.2, 0.25) is 0 Å². The highest BCUT2D eigenvalue weighted by Gasteiger charge is 2.21. The van der Waals surface area contributed by atoms with E-state index in [1.165, 1.54) is 5.57 Å². The van der Waals surface area contributed by atoms with Crippen LogP contribution in [-0.4, -0.2) is 5.78 Å². The Morgan fingerprint density at radius 1 is 1.50 bits per heavy atom. The van der Waals surface area contributed by atoms with Crippen LogP contribution >= 0.6 is 0 Å². The number of hydrogen-bond acceptors (Lipinski definition) is 1.